The number of ketones is 1. The molecule has 3 nitrogen and oxygen atoms in total. The highest BCUT2D eigenvalue weighted by Gasteiger charge is 2.45. The van der Waals surface area contributed by atoms with Crippen molar-refractivity contribution in [3.05, 3.63) is 0 Å². The van der Waals surface area contributed by atoms with Crippen molar-refractivity contribution in [3.8, 4) is 0 Å². The molecule has 0 N–H and O–H groups in total. The minimum atomic E-state index is -0.141. The quantitative estimate of drug-likeness (QED) is 0.568. The van der Waals surface area contributed by atoms with Gasteiger partial charge in [0.05, 0.1) is 0 Å². The third-order valence-electron chi connectivity index (χ3n) is 2.98. The molecule has 2 aliphatic heterocycles. The molecule has 0 radical (unpaired) electrons. The van der Waals surface area contributed by atoms with Crippen LogP contribution in [0.15, 0.2) is 0 Å². The average molecular weight is 183 g/mol. The third-order valence-corrected chi connectivity index (χ3v) is 2.98. The zero-order chi connectivity index (χ0) is 9.64. The molecule has 2 saturated heterocycles. The van der Waals surface area contributed by atoms with E-state index >= 15 is 0 Å². The van der Waals surface area contributed by atoms with Gasteiger partial charge in [-0.05, 0) is 5.41 Å². The maximum atomic E-state index is 11.4. The van der Waals surface area contributed by atoms with E-state index in [-0.39, 0.29) is 17.3 Å². The van der Waals surface area contributed by atoms with Gasteiger partial charge in [0.1, 0.15) is 6.10 Å². The van der Waals surface area contributed by atoms with Crippen molar-refractivity contribution in [2.75, 3.05) is 6.54 Å². The van der Waals surface area contributed by atoms with Crippen LogP contribution in [0, 0.1) is 5.41 Å². The Bertz CT molecular complexity index is 232. The highest BCUT2D eigenvalue weighted by Crippen LogP contribution is 2.37. The maximum absolute atomic E-state index is 11.4. The summed E-state index contributed by atoms with van der Waals surface area (Å²) in [6.45, 7) is 7.38. The van der Waals surface area contributed by atoms with Gasteiger partial charge in [-0.15, -0.1) is 0 Å². The normalized spacial score (nSPS) is 39.6. The van der Waals surface area contributed by atoms with Gasteiger partial charge >= 0.3 is 0 Å². The van der Waals surface area contributed by atoms with E-state index < -0.39 is 0 Å². The number of hydroxylamine groups is 2. The van der Waals surface area contributed by atoms with Gasteiger partial charge in [0.2, 0.25) is 0 Å². The lowest BCUT2D eigenvalue weighted by atomic mass is 9.84. The first-order valence-corrected chi connectivity index (χ1v) is 4.94. The highest BCUT2D eigenvalue weighted by molar-refractivity contribution is 5.84. The number of carbonyl (C=O) groups excluding carboxylic acids is 1. The van der Waals surface area contributed by atoms with Gasteiger partial charge in [0.15, 0.2) is 5.78 Å². The lowest BCUT2D eigenvalue weighted by Gasteiger charge is -2.33. The minimum absolute atomic E-state index is 0.141. The Morgan fingerprint density at radius 1 is 1.46 bits per heavy atom. The van der Waals surface area contributed by atoms with Gasteiger partial charge in [-0.3, -0.25) is 9.63 Å². The van der Waals surface area contributed by atoms with Crippen LogP contribution in [0.5, 0.6) is 0 Å². The summed E-state index contributed by atoms with van der Waals surface area (Å²) in [5, 5.41) is 2.01. The third kappa shape index (κ3) is 1.51. The second-order valence-corrected chi connectivity index (χ2v) is 5.07. The zero-order valence-corrected chi connectivity index (χ0v) is 8.54. The lowest BCUT2D eigenvalue weighted by molar-refractivity contribution is -0.197. The van der Waals surface area contributed by atoms with Gasteiger partial charge in [-0.2, -0.15) is 5.06 Å². The van der Waals surface area contributed by atoms with E-state index in [1.807, 2.05) is 5.06 Å². The summed E-state index contributed by atoms with van der Waals surface area (Å²) in [7, 11) is 0. The summed E-state index contributed by atoms with van der Waals surface area (Å²) >= 11 is 0. The van der Waals surface area contributed by atoms with Crippen LogP contribution in [0.25, 0.3) is 0 Å². The second-order valence-electron chi connectivity index (χ2n) is 5.07. The molecule has 2 aliphatic rings. The summed E-state index contributed by atoms with van der Waals surface area (Å²) < 4.78 is 0. The number of hydrogen-bond donors (Lipinski definition) is 0. The summed E-state index contributed by atoms with van der Waals surface area (Å²) in [5.74, 6) is 0.281. The van der Waals surface area contributed by atoms with Crippen LogP contribution in [0.3, 0.4) is 0 Å². The van der Waals surface area contributed by atoms with Gasteiger partial charge in [0.25, 0.3) is 0 Å². The summed E-state index contributed by atoms with van der Waals surface area (Å²) in [6.07, 6.45) is 1.40. The van der Waals surface area contributed by atoms with Gasteiger partial charge in [0, 0.05) is 25.4 Å². The second kappa shape index (κ2) is 2.79. The summed E-state index contributed by atoms with van der Waals surface area (Å²) in [6, 6.07) is 0.406. The maximum Gasteiger partial charge on any atom is 0.165 e. The Hall–Kier alpha value is -0.410. The molecular weight excluding hydrogens is 166 g/mol. The van der Waals surface area contributed by atoms with Crippen molar-refractivity contribution >= 4 is 5.78 Å². The summed E-state index contributed by atoms with van der Waals surface area (Å²) in [5.41, 5.74) is 0.208. The number of fused-ring (bicyclic) bond motifs is 2. The molecule has 3 atom stereocenters. The van der Waals surface area contributed by atoms with E-state index in [1.54, 1.807) is 0 Å². The topological polar surface area (TPSA) is 29.5 Å². The van der Waals surface area contributed by atoms with E-state index in [4.69, 9.17) is 4.84 Å². The van der Waals surface area contributed by atoms with Gasteiger partial charge in [-0.1, -0.05) is 20.8 Å². The predicted molar refractivity (Wildman–Crippen MR) is 49.1 cm³/mol. The molecule has 0 amide bonds. The number of rotatable bonds is 0. The number of Topliss-reactive ketones (excluding diaryl/α,β-unsaturated/α-hetero) is 1. The molecule has 0 saturated carbocycles. The predicted octanol–water partition coefficient (Wildman–Crippen LogP) is 1.38. The highest BCUT2D eigenvalue weighted by atomic mass is 16.7. The monoisotopic (exact) mass is 183 g/mol. The van der Waals surface area contributed by atoms with Crippen LogP contribution in [0.1, 0.15) is 33.6 Å². The molecular formula is C10H17NO2. The molecule has 2 heterocycles. The first-order valence-electron chi connectivity index (χ1n) is 4.94. The van der Waals surface area contributed by atoms with Crippen molar-refractivity contribution in [2.45, 2.75) is 45.8 Å². The van der Waals surface area contributed by atoms with Gasteiger partial charge < -0.3 is 0 Å². The van der Waals surface area contributed by atoms with E-state index in [0.29, 0.717) is 12.5 Å². The Kier molecular flexibility index (Phi) is 1.96. The fraction of sp³-hybridized carbons (Fsp3) is 0.900. The molecule has 3 unspecified atom stereocenters. The SMILES string of the molecule is CC(C)(C)C1CC2ON1CCC2=O. The molecule has 0 spiro atoms. The largest absolute Gasteiger partial charge is 0.297 e. The van der Waals surface area contributed by atoms with Crippen molar-refractivity contribution < 1.29 is 9.63 Å². The van der Waals surface area contributed by atoms with Crippen LogP contribution in [-0.2, 0) is 9.63 Å². The molecule has 2 rings (SSSR count). The van der Waals surface area contributed by atoms with Crippen molar-refractivity contribution in [2.24, 2.45) is 5.41 Å². The Morgan fingerprint density at radius 3 is 2.69 bits per heavy atom. The Balaban J connectivity index is 2.15. The Labute approximate surface area is 79.0 Å². The smallest absolute Gasteiger partial charge is 0.165 e. The van der Waals surface area contributed by atoms with Crippen molar-refractivity contribution in [3.63, 3.8) is 0 Å². The molecule has 2 fully saturated rings. The van der Waals surface area contributed by atoms with Crippen LogP contribution in [0.2, 0.25) is 0 Å². The number of carbonyl (C=O) groups is 1. The van der Waals surface area contributed by atoms with Crippen molar-refractivity contribution in [1.82, 2.24) is 5.06 Å². The fourth-order valence-corrected chi connectivity index (χ4v) is 2.17. The standard InChI is InChI=1S/C10H17NO2/c1-10(2,3)9-6-8-7(12)4-5-11(9)13-8/h8-9H,4-6H2,1-3H3. The zero-order valence-electron chi connectivity index (χ0n) is 8.54. The molecule has 0 aliphatic carbocycles. The Morgan fingerprint density at radius 2 is 2.15 bits per heavy atom. The van der Waals surface area contributed by atoms with E-state index in [1.165, 1.54) is 0 Å². The summed E-state index contributed by atoms with van der Waals surface area (Å²) in [4.78, 5) is 16.9. The van der Waals surface area contributed by atoms with Gasteiger partial charge in [-0.25, -0.2) is 0 Å². The van der Waals surface area contributed by atoms with E-state index in [0.717, 1.165) is 13.0 Å². The lowest BCUT2D eigenvalue weighted by Crippen LogP contribution is -2.40. The number of hydrogen-bond acceptors (Lipinski definition) is 3. The molecule has 0 aromatic carbocycles. The first kappa shape index (κ1) is 9.16. The molecule has 0 aromatic rings. The molecule has 3 heteroatoms. The van der Waals surface area contributed by atoms with E-state index in [2.05, 4.69) is 20.8 Å². The first-order chi connectivity index (χ1) is 5.98. The molecule has 2 bridgehead atoms. The minimum Gasteiger partial charge on any atom is -0.297 e. The van der Waals surface area contributed by atoms with Crippen molar-refractivity contribution in [1.29, 1.82) is 0 Å². The van der Waals surface area contributed by atoms with Crippen LogP contribution < -0.4 is 0 Å². The van der Waals surface area contributed by atoms with E-state index in [9.17, 15) is 4.79 Å². The van der Waals surface area contributed by atoms with Crippen LogP contribution >= 0.6 is 0 Å². The van der Waals surface area contributed by atoms with Crippen LogP contribution in [0.4, 0.5) is 0 Å². The number of nitrogens with zero attached hydrogens (tertiary/aromatic N) is 1. The molecule has 74 valence electrons. The molecule has 13 heavy (non-hydrogen) atoms. The molecule has 0 aromatic heterocycles. The van der Waals surface area contributed by atoms with Crippen LogP contribution in [-0.4, -0.2) is 29.5 Å². The fourth-order valence-electron chi connectivity index (χ4n) is 2.17. The average Bonchev–Trinajstić information content (AvgIpc) is 2.36.